The molecule has 1 heterocycles. The van der Waals surface area contributed by atoms with Crippen molar-refractivity contribution >= 4 is 23.9 Å². The summed E-state index contributed by atoms with van der Waals surface area (Å²) >= 11 is 0. The van der Waals surface area contributed by atoms with Crippen LogP contribution in [0.1, 0.15) is 30.4 Å². The predicted octanol–water partition coefficient (Wildman–Crippen LogP) is 2.03. The lowest BCUT2D eigenvalue weighted by atomic mass is 9.97. The van der Waals surface area contributed by atoms with Crippen LogP contribution in [0.4, 0.5) is 4.79 Å². The van der Waals surface area contributed by atoms with Gasteiger partial charge in [-0.05, 0) is 30.4 Å². The third kappa shape index (κ3) is 12.1. The van der Waals surface area contributed by atoms with Crippen LogP contribution in [-0.4, -0.2) is 74.0 Å². The lowest BCUT2D eigenvalue weighted by Crippen LogP contribution is -2.47. The summed E-state index contributed by atoms with van der Waals surface area (Å²) in [4.78, 5) is 51.3. The lowest BCUT2D eigenvalue weighted by Gasteiger charge is -2.24. The summed E-state index contributed by atoms with van der Waals surface area (Å²) in [5.41, 5.74) is 1.74. The Kier molecular flexibility index (Phi) is 14.0. The number of alkyl carbamates (subject to hydrolysis) is 1. The second-order valence-electron chi connectivity index (χ2n) is 9.81. The quantitative estimate of drug-likeness (QED) is 0.169. The van der Waals surface area contributed by atoms with E-state index < -0.39 is 30.1 Å². The number of ether oxygens (including phenoxy) is 3. The van der Waals surface area contributed by atoms with Crippen molar-refractivity contribution < 1.29 is 38.5 Å². The van der Waals surface area contributed by atoms with Gasteiger partial charge in [-0.3, -0.25) is 9.59 Å². The molecule has 0 spiro atoms. The molecule has 4 N–H and O–H groups in total. The highest BCUT2D eigenvalue weighted by atomic mass is 16.6. The van der Waals surface area contributed by atoms with Crippen LogP contribution in [-0.2, 0) is 41.6 Å². The van der Waals surface area contributed by atoms with Gasteiger partial charge in [-0.15, -0.1) is 0 Å². The Labute approximate surface area is 245 Å². The van der Waals surface area contributed by atoms with E-state index in [9.17, 15) is 19.2 Å². The highest BCUT2D eigenvalue weighted by molar-refractivity contribution is 5.86. The SMILES string of the molecule is O=C(C[C@H]1CC=CC[C@@H](NC(=O)OCc2ccccc2)C(=O)OC[C@H](Cc2ccccc2)NC1=O)NCCOCCO. The Morgan fingerprint density at radius 3 is 2.36 bits per heavy atom. The van der Waals surface area contributed by atoms with Crippen molar-refractivity contribution in [2.24, 2.45) is 5.92 Å². The zero-order chi connectivity index (χ0) is 30.0. The molecule has 11 nitrogen and oxygen atoms in total. The zero-order valence-corrected chi connectivity index (χ0v) is 23.5. The molecular weight excluding hydrogens is 542 g/mol. The van der Waals surface area contributed by atoms with Crippen LogP contribution >= 0.6 is 0 Å². The molecule has 2 aromatic rings. The number of nitrogens with one attached hydrogen (secondary N) is 3. The molecule has 3 amide bonds. The maximum Gasteiger partial charge on any atom is 0.408 e. The van der Waals surface area contributed by atoms with Gasteiger partial charge >= 0.3 is 12.1 Å². The molecule has 0 radical (unpaired) electrons. The molecule has 0 saturated carbocycles. The monoisotopic (exact) mass is 581 g/mol. The van der Waals surface area contributed by atoms with Gasteiger partial charge in [0.2, 0.25) is 11.8 Å². The van der Waals surface area contributed by atoms with Crippen molar-refractivity contribution in [3.63, 3.8) is 0 Å². The van der Waals surface area contributed by atoms with Crippen molar-refractivity contribution in [1.29, 1.82) is 0 Å². The van der Waals surface area contributed by atoms with Crippen molar-refractivity contribution in [1.82, 2.24) is 16.0 Å². The molecule has 1 aliphatic rings. The van der Waals surface area contributed by atoms with E-state index in [1.165, 1.54) is 0 Å². The molecule has 3 atom stereocenters. The van der Waals surface area contributed by atoms with Crippen LogP contribution in [0.3, 0.4) is 0 Å². The number of hydrogen-bond donors (Lipinski definition) is 4. The number of carbonyl (C=O) groups excluding carboxylic acids is 4. The van der Waals surface area contributed by atoms with E-state index in [1.807, 2.05) is 60.7 Å². The van der Waals surface area contributed by atoms with E-state index in [0.717, 1.165) is 11.1 Å². The fourth-order valence-corrected chi connectivity index (χ4v) is 4.27. The number of allylic oxidation sites excluding steroid dienone is 1. The summed E-state index contributed by atoms with van der Waals surface area (Å²) < 4.78 is 16.0. The minimum Gasteiger partial charge on any atom is -0.462 e. The number of carbonyl (C=O) groups is 4. The van der Waals surface area contributed by atoms with Gasteiger partial charge in [0.15, 0.2) is 0 Å². The van der Waals surface area contributed by atoms with Crippen LogP contribution < -0.4 is 16.0 Å². The maximum absolute atomic E-state index is 13.3. The third-order valence-corrected chi connectivity index (χ3v) is 6.45. The predicted molar refractivity (Wildman–Crippen MR) is 154 cm³/mol. The van der Waals surface area contributed by atoms with Crippen LogP contribution in [0.5, 0.6) is 0 Å². The number of rotatable bonds is 12. The van der Waals surface area contributed by atoms with Crippen LogP contribution in [0.15, 0.2) is 72.8 Å². The summed E-state index contributed by atoms with van der Waals surface area (Å²) in [6.07, 6.45) is 3.34. The van der Waals surface area contributed by atoms with Gasteiger partial charge in [0, 0.05) is 13.0 Å². The Morgan fingerprint density at radius 2 is 1.64 bits per heavy atom. The molecule has 3 rings (SSSR count). The van der Waals surface area contributed by atoms with Crippen molar-refractivity contribution in [3.05, 3.63) is 83.9 Å². The normalized spacial score (nSPS) is 19.4. The summed E-state index contributed by atoms with van der Waals surface area (Å²) in [5, 5.41) is 17.0. The van der Waals surface area contributed by atoms with Gasteiger partial charge in [-0.25, -0.2) is 9.59 Å². The van der Waals surface area contributed by atoms with Crippen LogP contribution in [0.2, 0.25) is 0 Å². The average Bonchev–Trinajstić information content (AvgIpc) is 3.00. The Bertz CT molecular complexity index is 1160. The van der Waals surface area contributed by atoms with Gasteiger partial charge in [-0.1, -0.05) is 72.8 Å². The summed E-state index contributed by atoms with van der Waals surface area (Å²) in [6.45, 7) is 0.500. The molecule has 226 valence electrons. The summed E-state index contributed by atoms with van der Waals surface area (Å²) in [5.74, 6) is -1.96. The molecule has 0 saturated heterocycles. The molecule has 2 aromatic carbocycles. The van der Waals surface area contributed by atoms with Gasteiger partial charge in [0.05, 0.1) is 31.8 Å². The maximum atomic E-state index is 13.3. The number of amides is 3. The fourth-order valence-electron chi connectivity index (χ4n) is 4.27. The molecule has 0 aliphatic carbocycles. The Hall–Kier alpha value is -4.22. The number of esters is 1. The first-order chi connectivity index (χ1) is 20.4. The van der Waals surface area contributed by atoms with Gasteiger partial charge in [0.25, 0.3) is 0 Å². The minimum atomic E-state index is -1.00. The average molecular weight is 582 g/mol. The van der Waals surface area contributed by atoms with E-state index in [-0.39, 0.29) is 70.7 Å². The number of aliphatic hydroxyl groups is 1. The van der Waals surface area contributed by atoms with E-state index in [0.29, 0.717) is 6.42 Å². The van der Waals surface area contributed by atoms with Crippen molar-refractivity contribution in [2.45, 2.75) is 44.4 Å². The number of cyclic esters (lactones) is 1. The lowest BCUT2D eigenvalue weighted by molar-refractivity contribution is -0.147. The van der Waals surface area contributed by atoms with Crippen molar-refractivity contribution in [3.8, 4) is 0 Å². The van der Waals surface area contributed by atoms with E-state index >= 15 is 0 Å². The molecule has 1 aliphatic heterocycles. The van der Waals surface area contributed by atoms with E-state index in [1.54, 1.807) is 12.2 Å². The summed E-state index contributed by atoms with van der Waals surface area (Å²) in [7, 11) is 0. The van der Waals surface area contributed by atoms with Crippen molar-refractivity contribution in [2.75, 3.05) is 33.0 Å². The van der Waals surface area contributed by atoms with Gasteiger partial charge < -0.3 is 35.3 Å². The Morgan fingerprint density at radius 1 is 0.952 bits per heavy atom. The zero-order valence-electron chi connectivity index (χ0n) is 23.5. The fraction of sp³-hybridized carbons (Fsp3) is 0.419. The highest BCUT2D eigenvalue weighted by Gasteiger charge is 2.27. The molecule has 0 aromatic heterocycles. The first-order valence-electron chi connectivity index (χ1n) is 14.0. The Balaban J connectivity index is 1.67. The first kappa shape index (κ1) is 32.3. The molecular formula is C31H39N3O8. The van der Waals surface area contributed by atoms with E-state index in [4.69, 9.17) is 19.3 Å². The highest BCUT2D eigenvalue weighted by Crippen LogP contribution is 2.14. The van der Waals surface area contributed by atoms with Gasteiger partial charge in [-0.2, -0.15) is 0 Å². The second kappa shape index (κ2) is 18.3. The smallest absolute Gasteiger partial charge is 0.408 e. The minimum absolute atomic E-state index is 0.0484. The molecule has 0 bridgehead atoms. The molecule has 0 unspecified atom stereocenters. The number of hydrogen-bond acceptors (Lipinski definition) is 8. The molecule has 0 fully saturated rings. The molecule has 11 heteroatoms. The topological polar surface area (TPSA) is 152 Å². The van der Waals surface area contributed by atoms with Crippen LogP contribution in [0, 0.1) is 5.92 Å². The summed E-state index contributed by atoms with van der Waals surface area (Å²) in [6, 6.07) is 17.1. The number of benzene rings is 2. The second-order valence-corrected chi connectivity index (χ2v) is 9.81. The van der Waals surface area contributed by atoms with E-state index in [2.05, 4.69) is 16.0 Å². The largest absolute Gasteiger partial charge is 0.462 e. The third-order valence-electron chi connectivity index (χ3n) is 6.45. The standard InChI is InChI=1S/C31H39N3O8/c35-16-18-40-17-15-32-28(36)20-25-13-7-8-14-27(34-31(39)42-21-24-11-5-2-6-12-24)30(38)41-22-26(33-29(25)37)19-23-9-3-1-4-10-23/h1-12,25-27,35H,13-22H2,(H,32,36)(H,33,37)(H,34,39)/t25-,26+,27-/m1/s1. The first-order valence-corrected chi connectivity index (χ1v) is 14.0. The van der Waals surface area contributed by atoms with Crippen LogP contribution in [0.25, 0.3) is 0 Å². The van der Waals surface area contributed by atoms with Gasteiger partial charge in [0.1, 0.15) is 19.3 Å². The molecule has 42 heavy (non-hydrogen) atoms. The number of aliphatic hydroxyl groups excluding tert-OH is 1.